The first-order valence-corrected chi connectivity index (χ1v) is 7.96. The van der Waals surface area contributed by atoms with E-state index in [9.17, 15) is 13.2 Å². The Hall–Kier alpha value is -2.48. The second-order valence-corrected chi connectivity index (χ2v) is 5.81. The number of fused-ring (bicyclic) bond motifs is 1. The molecule has 4 nitrogen and oxygen atoms in total. The van der Waals surface area contributed by atoms with Gasteiger partial charge in [0, 0.05) is 17.7 Å². The summed E-state index contributed by atoms with van der Waals surface area (Å²) < 4.78 is 45.9. The van der Waals surface area contributed by atoms with Gasteiger partial charge in [-0.2, -0.15) is 0 Å². The van der Waals surface area contributed by atoms with Gasteiger partial charge in [0.25, 0.3) is 0 Å². The van der Waals surface area contributed by atoms with Crippen LogP contribution in [0.15, 0.2) is 48.5 Å². The Morgan fingerprint density at radius 1 is 1.12 bits per heavy atom. The molecular formula is C17H15F3N2O2S. The van der Waals surface area contributed by atoms with Crippen LogP contribution < -0.4 is 20.1 Å². The summed E-state index contributed by atoms with van der Waals surface area (Å²) in [7, 11) is 0. The first-order valence-electron chi connectivity index (χ1n) is 7.56. The summed E-state index contributed by atoms with van der Waals surface area (Å²) in [6.07, 6.45) is -3.95. The van der Waals surface area contributed by atoms with Gasteiger partial charge in [-0.25, -0.2) is 0 Å². The van der Waals surface area contributed by atoms with Crippen LogP contribution in [0.5, 0.6) is 11.5 Å². The molecule has 2 aromatic carbocycles. The fourth-order valence-electron chi connectivity index (χ4n) is 2.56. The number of rotatable bonds is 3. The van der Waals surface area contributed by atoms with Gasteiger partial charge in [0.05, 0.1) is 12.6 Å². The molecule has 3 rings (SSSR count). The third-order valence-corrected chi connectivity index (χ3v) is 3.83. The maximum Gasteiger partial charge on any atom is 0.573 e. The van der Waals surface area contributed by atoms with Crippen LogP contribution in [0.4, 0.5) is 18.9 Å². The average molecular weight is 368 g/mol. The number of hydrogen-bond acceptors (Lipinski definition) is 3. The number of para-hydroxylation sites is 1. The molecule has 8 heteroatoms. The Morgan fingerprint density at radius 2 is 1.84 bits per heavy atom. The largest absolute Gasteiger partial charge is 0.573 e. The molecule has 1 atom stereocenters. The Bertz CT molecular complexity index is 750. The zero-order valence-electron chi connectivity index (χ0n) is 13.0. The Morgan fingerprint density at radius 3 is 2.56 bits per heavy atom. The smallest absolute Gasteiger partial charge is 0.493 e. The highest BCUT2D eigenvalue weighted by Crippen LogP contribution is 2.31. The summed E-state index contributed by atoms with van der Waals surface area (Å²) in [5.41, 5.74) is 1.58. The molecule has 0 unspecified atom stereocenters. The van der Waals surface area contributed by atoms with E-state index in [2.05, 4.69) is 15.4 Å². The van der Waals surface area contributed by atoms with Gasteiger partial charge in [-0.1, -0.05) is 18.2 Å². The van der Waals surface area contributed by atoms with Crippen molar-refractivity contribution in [3.05, 3.63) is 54.1 Å². The standard InChI is InChI=1S/C17H15F3N2O2S/c18-17(19,20)24-12-7-5-11(6-8-12)21-16(25)22-14-9-10-23-15-4-2-1-3-13(14)15/h1-8,14H,9-10H2,(H2,21,22,25)/t14-/m0/s1. The van der Waals surface area contributed by atoms with Crippen molar-refractivity contribution < 1.29 is 22.6 Å². The van der Waals surface area contributed by atoms with Crippen molar-refractivity contribution in [1.82, 2.24) is 5.32 Å². The quantitative estimate of drug-likeness (QED) is 0.787. The van der Waals surface area contributed by atoms with Gasteiger partial charge in [-0.05, 0) is 42.5 Å². The van der Waals surface area contributed by atoms with Crippen molar-refractivity contribution in [3.63, 3.8) is 0 Å². The number of nitrogens with one attached hydrogen (secondary N) is 2. The van der Waals surface area contributed by atoms with Gasteiger partial charge >= 0.3 is 6.36 Å². The van der Waals surface area contributed by atoms with Crippen LogP contribution in [0.3, 0.4) is 0 Å². The van der Waals surface area contributed by atoms with Gasteiger partial charge in [-0.15, -0.1) is 13.2 Å². The summed E-state index contributed by atoms with van der Waals surface area (Å²) in [6, 6.07) is 13.1. The summed E-state index contributed by atoms with van der Waals surface area (Å²) in [5, 5.41) is 6.54. The molecule has 0 radical (unpaired) electrons. The topological polar surface area (TPSA) is 42.5 Å². The number of benzene rings is 2. The number of hydrogen-bond donors (Lipinski definition) is 2. The summed E-state index contributed by atoms with van der Waals surface area (Å²) in [4.78, 5) is 0. The highest BCUT2D eigenvalue weighted by atomic mass is 32.1. The third kappa shape index (κ3) is 4.76. The predicted molar refractivity (Wildman–Crippen MR) is 91.8 cm³/mol. The molecule has 0 fully saturated rings. The van der Waals surface area contributed by atoms with Crippen molar-refractivity contribution in [1.29, 1.82) is 0 Å². The predicted octanol–water partition coefficient (Wildman–Crippen LogP) is 4.40. The van der Waals surface area contributed by atoms with E-state index >= 15 is 0 Å². The third-order valence-electron chi connectivity index (χ3n) is 3.61. The van der Waals surface area contributed by atoms with E-state index in [1.165, 1.54) is 24.3 Å². The zero-order valence-corrected chi connectivity index (χ0v) is 13.8. The molecule has 0 aliphatic carbocycles. The first-order chi connectivity index (χ1) is 11.9. The summed E-state index contributed by atoms with van der Waals surface area (Å²) >= 11 is 5.29. The van der Waals surface area contributed by atoms with Crippen molar-refractivity contribution >= 4 is 23.0 Å². The van der Waals surface area contributed by atoms with Crippen LogP contribution in [-0.4, -0.2) is 18.1 Å². The van der Waals surface area contributed by atoms with Crippen molar-refractivity contribution in [2.45, 2.75) is 18.8 Å². The number of halogens is 3. The molecule has 2 aromatic rings. The molecule has 132 valence electrons. The molecule has 25 heavy (non-hydrogen) atoms. The summed E-state index contributed by atoms with van der Waals surface area (Å²) in [5.74, 6) is 0.540. The lowest BCUT2D eigenvalue weighted by Crippen LogP contribution is -2.35. The van der Waals surface area contributed by atoms with E-state index in [0.29, 0.717) is 17.4 Å². The maximum absolute atomic E-state index is 12.2. The zero-order chi connectivity index (χ0) is 17.9. The molecule has 0 saturated carbocycles. The molecule has 0 bridgehead atoms. The Balaban J connectivity index is 1.60. The second-order valence-electron chi connectivity index (χ2n) is 5.40. The molecule has 0 saturated heterocycles. The van der Waals surface area contributed by atoms with E-state index < -0.39 is 6.36 Å². The van der Waals surface area contributed by atoms with Gasteiger partial charge in [0.15, 0.2) is 5.11 Å². The summed E-state index contributed by atoms with van der Waals surface area (Å²) in [6.45, 7) is 0.584. The van der Waals surface area contributed by atoms with Gasteiger partial charge in [0.1, 0.15) is 11.5 Å². The maximum atomic E-state index is 12.2. The molecule has 0 amide bonds. The molecule has 0 spiro atoms. The van der Waals surface area contributed by atoms with Crippen LogP contribution >= 0.6 is 12.2 Å². The van der Waals surface area contributed by atoms with E-state index in [1.807, 2.05) is 24.3 Å². The molecular weight excluding hydrogens is 353 g/mol. The number of ether oxygens (including phenoxy) is 2. The minimum atomic E-state index is -4.71. The molecule has 1 aliphatic heterocycles. The molecule has 2 N–H and O–H groups in total. The molecule has 0 aromatic heterocycles. The van der Waals surface area contributed by atoms with Crippen molar-refractivity contribution in [2.75, 3.05) is 11.9 Å². The monoisotopic (exact) mass is 368 g/mol. The fraction of sp³-hybridized carbons (Fsp3) is 0.235. The minimum absolute atomic E-state index is 0.0118. The Labute approximate surface area is 147 Å². The molecule has 1 heterocycles. The van der Waals surface area contributed by atoms with Crippen molar-refractivity contribution in [3.8, 4) is 11.5 Å². The highest BCUT2D eigenvalue weighted by Gasteiger charge is 2.31. The lowest BCUT2D eigenvalue weighted by molar-refractivity contribution is -0.274. The fourth-order valence-corrected chi connectivity index (χ4v) is 2.82. The van der Waals surface area contributed by atoms with Crippen LogP contribution in [0.1, 0.15) is 18.0 Å². The molecule has 1 aliphatic rings. The van der Waals surface area contributed by atoms with E-state index in [-0.39, 0.29) is 11.8 Å². The number of alkyl halides is 3. The lowest BCUT2D eigenvalue weighted by Gasteiger charge is -2.27. The van der Waals surface area contributed by atoms with Crippen LogP contribution in [0.25, 0.3) is 0 Å². The first kappa shape index (κ1) is 17.3. The van der Waals surface area contributed by atoms with Gasteiger partial charge < -0.3 is 20.1 Å². The average Bonchev–Trinajstić information content (AvgIpc) is 2.56. The van der Waals surface area contributed by atoms with Crippen LogP contribution in [0, 0.1) is 0 Å². The van der Waals surface area contributed by atoms with Crippen LogP contribution in [-0.2, 0) is 0 Å². The number of anilines is 1. The normalized spacial score (nSPS) is 16.4. The highest BCUT2D eigenvalue weighted by molar-refractivity contribution is 7.80. The minimum Gasteiger partial charge on any atom is -0.493 e. The SMILES string of the molecule is FC(F)(F)Oc1ccc(NC(=S)N[C@H]2CCOc3ccccc32)cc1. The van der Waals surface area contributed by atoms with E-state index in [1.54, 1.807) is 0 Å². The van der Waals surface area contributed by atoms with E-state index in [4.69, 9.17) is 17.0 Å². The second kappa shape index (κ2) is 7.18. The Kier molecular flexibility index (Phi) is 4.98. The number of thiocarbonyl (C=S) groups is 1. The van der Waals surface area contributed by atoms with Crippen molar-refractivity contribution in [2.24, 2.45) is 0 Å². The lowest BCUT2D eigenvalue weighted by atomic mass is 10.0. The van der Waals surface area contributed by atoms with E-state index in [0.717, 1.165) is 17.7 Å². The van der Waals surface area contributed by atoms with Gasteiger partial charge in [-0.3, -0.25) is 0 Å². The van der Waals surface area contributed by atoms with Gasteiger partial charge in [0.2, 0.25) is 0 Å². The van der Waals surface area contributed by atoms with Crippen LogP contribution in [0.2, 0.25) is 0 Å².